The van der Waals surface area contributed by atoms with Crippen molar-refractivity contribution in [2.45, 2.75) is 18.9 Å². The maximum Gasteiger partial charge on any atom is 0.289 e. The van der Waals surface area contributed by atoms with E-state index in [1.165, 1.54) is 12.8 Å². The molecule has 1 aliphatic rings. The molecule has 4 rings (SSSR count). The van der Waals surface area contributed by atoms with Crippen LogP contribution >= 0.6 is 0 Å². The number of carbonyl (C=O) groups is 2. The molecule has 0 atom stereocenters. The number of hydrogen-bond acceptors (Lipinski definition) is 3. The molecule has 1 heterocycles. The summed E-state index contributed by atoms with van der Waals surface area (Å²) >= 11 is 0. The predicted octanol–water partition coefficient (Wildman–Crippen LogP) is 2.71. The van der Waals surface area contributed by atoms with Crippen LogP contribution in [0.5, 0.6) is 0 Å². The number of nitrogens with zero attached hydrogens (tertiary/aromatic N) is 2. The van der Waals surface area contributed by atoms with Gasteiger partial charge in [-0.3, -0.25) is 14.3 Å². The summed E-state index contributed by atoms with van der Waals surface area (Å²) in [7, 11) is 0. The number of nitrogens with two attached hydrogens (primary N) is 1. The van der Waals surface area contributed by atoms with Gasteiger partial charge < -0.3 is 5.73 Å². The van der Waals surface area contributed by atoms with Crippen LogP contribution in [0, 0.1) is 0 Å². The molecule has 3 aromatic rings. The summed E-state index contributed by atoms with van der Waals surface area (Å²) in [5.41, 5.74) is 8.50. The van der Waals surface area contributed by atoms with E-state index in [-0.39, 0.29) is 0 Å². The van der Waals surface area contributed by atoms with E-state index in [9.17, 15) is 9.59 Å². The molecule has 5 nitrogen and oxygen atoms in total. The van der Waals surface area contributed by atoms with Gasteiger partial charge in [-0.25, -0.2) is 0 Å². The molecule has 1 saturated carbocycles. The molecular weight excluding hydrogens is 290 g/mol. The zero-order valence-electron chi connectivity index (χ0n) is 12.4. The van der Waals surface area contributed by atoms with Crippen LogP contribution in [0.3, 0.4) is 0 Å². The van der Waals surface area contributed by atoms with Crippen molar-refractivity contribution in [1.29, 1.82) is 0 Å². The summed E-state index contributed by atoms with van der Waals surface area (Å²) < 4.78 is 2.09. The molecule has 0 aliphatic heterocycles. The van der Waals surface area contributed by atoms with Gasteiger partial charge in [0.1, 0.15) is 0 Å². The summed E-state index contributed by atoms with van der Waals surface area (Å²) in [6, 6.07) is 13.7. The SMILES string of the molecule is NC(=O)C(=O)c1ccc(-c2ccc3c(cnn3C3CC3)c2)cc1. The Bertz CT molecular complexity index is 921. The molecular formula is C18H15N3O2. The molecule has 23 heavy (non-hydrogen) atoms. The monoisotopic (exact) mass is 305 g/mol. The second-order valence-corrected chi connectivity index (χ2v) is 5.86. The fourth-order valence-electron chi connectivity index (χ4n) is 2.80. The molecule has 0 unspecified atom stereocenters. The lowest BCUT2D eigenvalue weighted by atomic mass is 10.0. The van der Waals surface area contributed by atoms with Crippen molar-refractivity contribution in [3.05, 3.63) is 54.2 Å². The molecule has 0 bridgehead atoms. The lowest BCUT2D eigenvalue weighted by Gasteiger charge is -2.05. The van der Waals surface area contributed by atoms with Crippen molar-refractivity contribution in [2.24, 2.45) is 5.73 Å². The molecule has 5 heteroatoms. The quantitative estimate of drug-likeness (QED) is 0.594. The summed E-state index contributed by atoms with van der Waals surface area (Å²) in [4.78, 5) is 22.5. The average Bonchev–Trinajstić information content (AvgIpc) is 3.33. The van der Waals surface area contributed by atoms with E-state index in [0.29, 0.717) is 11.6 Å². The zero-order chi connectivity index (χ0) is 16.0. The maximum atomic E-state index is 11.6. The van der Waals surface area contributed by atoms with Gasteiger partial charge in [0.2, 0.25) is 5.78 Å². The van der Waals surface area contributed by atoms with Gasteiger partial charge >= 0.3 is 0 Å². The minimum Gasteiger partial charge on any atom is -0.363 e. The highest BCUT2D eigenvalue weighted by molar-refractivity contribution is 6.42. The van der Waals surface area contributed by atoms with E-state index in [0.717, 1.165) is 22.0 Å². The lowest BCUT2D eigenvalue weighted by molar-refractivity contribution is -0.114. The highest BCUT2D eigenvalue weighted by Gasteiger charge is 2.25. The van der Waals surface area contributed by atoms with Crippen LogP contribution in [0.4, 0.5) is 0 Å². The summed E-state index contributed by atoms with van der Waals surface area (Å²) in [5.74, 6) is -1.61. The molecule has 0 saturated heterocycles. The molecule has 0 spiro atoms. The van der Waals surface area contributed by atoms with Crippen molar-refractivity contribution < 1.29 is 9.59 Å². The van der Waals surface area contributed by atoms with E-state index in [1.807, 2.05) is 24.4 Å². The van der Waals surface area contributed by atoms with Crippen LogP contribution in [-0.4, -0.2) is 21.5 Å². The Hall–Kier alpha value is -2.95. The number of fused-ring (bicyclic) bond motifs is 1. The second kappa shape index (κ2) is 5.05. The van der Waals surface area contributed by atoms with Gasteiger partial charge in [0.05, 0.1) is 17.8 Å². The molecule has 1 aromatic heterocycles. The number of ketones is 1. The third-order valence-corrected chi connectivity index (χ3v) is 4.19. The number of carbonyl (C=O) groups excluding carboxylic acids is 2. The third kappa shape index (κ3) is 2.40. The first-order valence-corrected chi connectivity index (χ1v) is 7.55. The van der Waals surface area contributed by atoms with Gasteiger partial charge in [0.15, 0.2) is 0 Å². The normalized spacial score (nSPS) is 14.1. The van der Waals surface area contributed by atoms with Crippen LogP contribution in [0.15, 0.2) is 48.7 Å². The fourth-order valence-corrected chi connectivity index (χ4v) is 2.80. The van der Waals surface area contributed by atoms with Gasteiger partial charge in [0, 0.05) is 10.9 Å². The van der Waals surface area contributed by atoms with Crippen LogP contribution in [-0.2, 0) is 4.79 Å². The standard InChI is InChI=1S/C18H15N3O2/c19-18(23)17(22)12-3-1-11(2-4-12)13-5-8-16-14(9-13)10-20-21(16)15-6-7-15/h1-5,8-10,15H,6-7H2,(H2,19,23). The van der Waals surface area contributed by atoms with E-state index >= 15 is 0 Å². The number of Topliss-reactive ketones (excluding diaryl/α,β-unsaturated/α-hetero) is 1. The largest absolute Gasteiger partial charge is 0.363 e. The highest BCUT2D eigenvalue weighted by Crippen LogP contribution is 2.37. The number of rotatable bonds is 4. The Morgan fingerprint density at radius 1 is 1.04 bits per heavy atom. The topological polar surface area (TPSA) is 78.0 Å². The van der Waals surface area contributed by atoms with Crippen LogP contribution in [0.2, 0.25) is 0 Å². The van der Waals surface area contributed by atoms with E-state index < -0.39 is 11.7 Å². The smallest absolute Gasteiger partial charge is 0.289 e. The van der Waals surface area contributed by atoms with Crippen LogP contribution in [0.1, 0.15) is 29.2 Å². The first-order valence-electron chi connectivity index (χ1n) is 7.55. The van der Waals surface area contributed by atoms with Crippen LogP contribution in [0.25, 0.3) is 22.0 Å². The zero-order valence-corrected chi connectivity index (χ0v) is 12.4. The lowest BCUT2D eigenvalue weighted by Crippen LogP contribution is -2.22. The summed E-state index contributed by atoms with van der Waals surface area (Å²) in [5, 5.41) is 5.57. The molecule has 0 radical (unpaired) electrons. The van der Waals surface area contributed by atoms with Crippen molar-refractivity contribution >= 4 is 22.6 Å². The van der Waals surface area contributed by atoms with Gasteiger partial charge in [0.25, 0.3) is 5.91 Å². The first kappa shape index (κ1) is 13.7. The number of aromatic nitrogens is 2. The van der Waals surface area contributed by atoms with Crippen molar-refractivity contribution in [2.75, 3.05) is 0 Å². The maximum absolute atomic E-state index is 11.6. The van der Waals surface area contributed by atoms with Gasteiger partial charge in [-0.05, 0) is 36.1 Å². The van der Waals surface area contributed by atoms with Crippen molar-refractivity contribution in [1.82, 2.24) is 9.78 Å². The van der Waals surface area contributed by atoms with Crippen LogP contribution < -0.4 is 5.73 Å². The van der Waals surface area contributed by atoms with Gasteiger partial charge in [-0.15, -0.1) is 0 Å². The number of amides is 1. The molecule has 1 fully saturated rings. The predicted molar refractivity (Wildman–Crippen MR) is 87.0 cm³/mol. The van der Waals surface area contributed by atoms with Gasteiger partial charge in [-0.1, -0.05) is 30.3 Å². The van der Waals surface area contributed by atoms with E-state index in [2.05, 4.69) is 21.9 Å². The second-order valence-electron chi connectivity index (χ2n) is 5.86. The number of primary amides is 1. The number of hydrogen-bond donors (Lipinski definition) is 1. The molecule has 1 amide bonds. The average molecular weight is 305 g/mol. The first-order chi connectivity index (χ1) is 11.1. The van der Waals surface area contributed by atoms with E-state index in [1.54, 1.807) is 12.1 Å². The minimum absolute atomic E-state index is 0.309. The molecule has 2 aromatic carbocycles. The van der Waals surface area contributed by atoms with E-state index in [4.69, 9.17) is 5.73 Å². The minimum atomic E-state index is -0.938. The fraction of sp³-hybridized carbons (Fsp3) is 0.167. The summed E-state index contributed by atoms with van der Waals surface area (Å²) in [6.07, 6.45) is 4.30. The third-order valence-electron chi connectivity index (χ3n) is 4.19. The Morgan fingerprint density at radius 2 is 1.74 bits per heavy atom. The Balaban J connectivity index is 1.68. The Morgan fingerprint density at radius 3 is 2.39 bits per heavy atom. The Labute approximate surface area is 132 Å². The number of benzene rings is 2. The van der Waals surface area contributed by atoms with Crippen molar-refractivity contribution in [3.8, 4) is 11.1 Å². The van der Waals surface area contributed by atoms with Crippen molar-refractivity contribution in [3.63, 3.8) is 0 Å². The molecule has 114 valence electrons. The Kier molecular flexibility index (Phi) is 3.01. The van der Waals surface area contributed by atoms with Gasteiger partial charge in [-0.2, -0.15) is 5.10 Å². The molecule has 1 aliphatic carbocycles. The highest BCUT2D eigenvalue weighted by atomic mass is 16.2. The molecule has 2 N–H and O–H groups in total. The summed E-state index contributed by atoms with van der Waals surface area (Å²) in [6.45, 7) is 0.